The van der Waals surface area contributed by atoms with E-state index in [-0.39, 0.29) is 5.91 Å². The minimum atomic E-state index is -0.0166. The highest BCUT2D eigenvalue weighted by Gasteiger charge is 2.30. The van der Waals surface area contributed by atoms with Crippen molar-refractivity contribution in [1.29, 1.82) is 0 Å². The van der Waals surface area contributed by atoms with E-state index in [1.807, 2.05) is 38.1 Å². The molecule has 1 aromatic carbocycles. The SMILES string of the molecule is CCN1C(=O)/C(=C/c2ccc(C)c(OC)c2)SC1=S. The average molecular weight is 293 g/mol. The predicted molar refractivity (Wildman–Crippen MR) is 83.3 cm³/mol. The summed E-state index contributed by atoms with van der Waals surface area (Å²) in [6.45, 7) is 4.51. The first kappa shape index (κ1) is 14.1. The number of ether oxygens (including phenoxy) is 1. The molecule has 3 nitrogen and oxygen atoms in total. The van der Waals surface area contributed by atoms with Gasteiger partial charge in [-0.1, -0.05) is 36.1 Å². The van der Waals surface area contributed by atoms with Gasteiger partial charge in [0.25, 0.3) is 5.91 Å². The molecule has 1 amide bonds. The van der Waals surface area contributed by atoms with Crippen LogP contribution in [0.3, 0.4) is 0 Å². The third-order valence-corrected chi connectivity index (χ3v) is 4.30. The summed E-state index contributed by atoms with van der Waals surface area (Å²) in [4.78, 5) is 14.4. The van der Waals surface area contributed by atoms with Crippen molar-refractivity contribution < 1.29 is 9.53 Å². The summed E-state index contributed by atoms with van der Waals surface area (Å²) in [5, 5.41) is 0. The summed E-state index contributed by atoms with van der Waals surface area (Å²) in [5.41, 5.74) is 2.01. The molecule has 1 aliphatic heterocycles. The summed E-state index contributed by atoms with van der Waals surface area (Å²) >= 11 is 6.53. The van der Waals surface area contributed by atoms with Gasteiger partial charge >= 0.3 is 0 Å². The Hall–Kier alpha value is -1.33. The van der Waals surface area contributed by atoms with Crippen LogP contribution in [0.4, 0.5) is 0 Å². The summed E-state index contributed by atoms with van der Waals surface area (Å²) in [6, 6.07) is 5.87. The fourth-order valence-corrected chi connectivity index (χ4v) is 3.23. The Morgan fingerprint density at radius 3 is 2.79 bits per heavy atom. The Bertz CT molecular complexity index is 567. The molecule has 19 heavy (non-hydrogen) atoms. The second-order valence-corrected chi connectivity index (χ2v) is 5.83. The largest absolute Gasteiger partial charge is 0.496 e. The molecular weight excluding hydrogens is 278 g/mol. The minimum Gasteiger partial charge on any atom is -0.496 e. The standard InChI is InChI=1S/C14H15NO2S2/c1-4-15-13(16)12(19-14(15)18)8-10-6-5-9(2)11(7-10)17-3/h5-8H,4H2,1-3H3/b12-8-. The molecule has 0 aliphatic carbocycles. The van der Waals surface area contributed by atoms with Crippen molar-refractivity contribution in [2.24, 2.45) is 0 Å². The second-order valence-electron chi connectivity index (χ2n) is 4.16. The number of carbonyl (C=O) groups is 1. The van der Waals surface area contributed by atoms with Crippen LogP contribution in [0.5, 0.6) is 5.75 Å². The number of carbonyl (C=O) groups excluding carboxylic acids is 1. The summed E-state index contributed by atoms with van der Waals surface area (Å²) < 4.78 is 5.91. The molecule has 0 saturated carbocycles. The van der Waals surface area contributed by atoms with Gasteiger partial charge in [-0.05, 0) is 37.1 Å². The zero-order valence-corrected chi connectivity index (χ0v) is 12.7. The molecular formula is C14H15NO2S2. The number of rotatable bonds is 3. The summed E-state index contributed by atoms with van der Waals surface area (Å²) in [5.74, 6) is 0.803. The van der Waals surface area contributed by atoms with Crippen LogP contribution in [0.25, 0.3) is 6.08 Å². The Balaban J connectivity index is 2.32. The van der Waals surface area contributed by atoms with Crippen molar-refractivity contribution in [3.05, 3.63) is 34.2 Å². The number of thiocarbonyl (C=S) groups is 1. The fraction of sp³-hybridized carbons (Fsp3) is 0.286. The van der Waals surface area contributed by atoms with E-state index in [0.717, 1.165) is 16.9 Å². The molecule has 1 saturated heterocycles. The molecule has 100 valence electrons. The van der Waals surface area contributed by atoms with E-state index in [1.165, 1.54) is 11.8 Å². The van der Waals surface area contributed by atoms with Crippen LogP contribution in [-0.4, -0.2) is 28.8 Å². The zero-order chi connectivity index (χ0) is 14.0. The van der Waals surface area contributed by atoms with E-state index in [1.54, 1.807) is 12.0 Å². The highest BCUT2D eigenvalue weighted by Crippen LogP contribution is 2.33. The Morgan fingerprint density at radius 1 is 1.47 bits per heavy atom. The quantitative estimate of drug-likeness (QED) is 0.632. The average Bonchev–Trinajstić information content (AvgIpc) is 2.66. The zero-order valence-electron chi connectivity index (χ0n) is 11.1. The van der Waals surface area contributed by atoms with Crippen LogP contribution in [0.15, 0.2) is 23.1 Å². The Kier molecular flexibility index (Phi) is 4.27. The molecule has 1 heterocycles. The van der Waals surface area contributed by atoms with E-state index in [9.17, 15) is 4.79 Å². The molecule has 0 aromatic heterocycles. The van der Waals surface area contributed by atoms with Gasteiger partial charge < -0.3 is 4.74 Å². The maximum Gasteiger partial charge on any atom is 0.266 e. The first-order chi connectivity index (χ1) is 9.06. The van der Waals surface area contributed by atoms with Crippen LogP contribution in [0.1, 0.15) is 18.1 Å². The van der Waals surface area contributed by atoms with Crippen molar-refractivity contribution in [1.82, 2.24) is 4.90 Å². The summed E-state index contributed by atoms with van der Waals surface area (Å²) in [6.07, 6.45) is 1.86. The van der Waals surface area contributed by atoms with Crippen molar-refractivity contribution in [2.45, 2.75) is 13.8 Å². The van der Waals surface area contributed by atoms with E-state index in [4.69, 9.17) is 17.0 Å². The van der Waals surface area contributed by atoms with Gasteiger partial charge in [0.05, 0.1) is 12.0 Å². The van der Waals surface area contributed by atoms with Crippen molar-refractivity contribution in [3.8, 4) is 5.75 Å². The number of methoxy groups -OCH3 is 1. The molecule has 5 heteroatoms. The molecule has 0 atom stereocenters. The smallest absolute Gasteiger partial charge is 0.266 e. The van der Waals surface area contributed by atoms with Crippen molar-refractivity contribution in [3.63, 3.8) is 0 Å². The topological polar surface area (TPSA) is 29.5 Å². The van der Waals surface area contributed by atoms with Gasteiger partial charge in [0, 0.05) is 6.54 Å². The number of hydrogen-bond donors (Lipinski definition) is 0. The molecule has 0 N–H and O–H groups in total. The van der Waals surface area contributed by atoms with Gasteiger partial charge in [0.1, 0.15) is 10.1 Å². The number of amides is 1. The molecule has 0 spiro atoms. The van der Waals surface area contributed by atoms with Crippen LogP contribution in [0, 0.1) is 6.92 Å². The second kappa shape index (κ2) is 5.75. The lowest BCUT2D eigenvalue weighted by Crippen LogP contribution is -2.27. The normalized spacial score (nSPS) is 17.4. The van der Waals surface area contributed by atoms with E-state index in [2.05, 4.69) is 0 Å². The lowest BCUT2D eigenvalue weighted by Gasteiger charge is -2.09. The Morgan fingerprint density at radius 2 is 2.21 bits per heavy atom. The highest BCUT2D eigenvalue weighted by molar-refractivity contribution is 8.26. The van der Waals surface area contributed by atoms with E-state index < -0.39 is 0 Å². The Labute approximate surface area is 122 Å². The fourth-order valence-electron chi connectivity index (χ4n) is 1.85. The lowest BCUT2D eigenvalue weighted by molar-refractivity contribution is -0.121. The third-order valence-electron chi connectivity index (χ3n) is 2.92. The monoisotopic (exact) mass is 293 g/mol. The molecule has 0 radical (unpaired) electrons. The van der Waals surface area contributed by atoms with Gasteiger partial charge in [-0.2, -0.15) is 0 Å². The number of likely N-dealkylation sites (N-methyl/N-ethyl adjacent to an activating group) is 1. The summed E-state index contributed by atoms with van der Waals surface area (Å²) in [7, 11) is 1.64. The molecule has 1 fully saturated rings. The van der Waals surface area contributed by atoms with Crippen LogP contribution >= 0.6 is 24.0 Å². The maximum absolute atomic E-state index is 12.1. The number of benzene rings is 1. The first-order valence-electron chi connectivity index (χ1n) is 5.96. The van der Waals surface area contributed by atoms with Gasteiger partial charge in [0.15, 0.2) is 0 Å². The van der Waals surface area contributed by atoms with Gasteiger partial charge in [-0.15, -0.1) is 0 Å². The van der Waals surface area contributed by atoms with Crippen molar-refractivity contribution in [2.75, 3.05) is 13.7 Å². The highest BCUT2D eigenvalue weighted by atomic mass is 32.2. The number of thioether (sulfide) groups is 1. The molecule has 1 aliphatic rings. The van der Waals surface area contributed by atoms with Crippen LogP contribution in [0.2, 0.25) is 0 Å². The number of aryl methyl sites for hydroxylation is 1. The predicted octanol–water partition coefficient (Wildman–Crippen LogP) is 3.22. The molecule has 2 rings (SSSR count). The van der Waals surface area contributed by atoms with Gasteiger partial charge in [-0.3, -0.25) is 9.69 Å². The molecule has 1 aromatic rings. The first-order valence-corrected chi connectivity index (χ1v) is 7.19. The molecule has 0 unspecified atom stereocenters. The lowest BCUT2D eigenvalue weighted by atomic mass is 10.1. The number of nitrogens with zero attached hydrogens (tertiary/aromatic N) is 1. The van der Waals surface area contributed by atoms with Crippen molar-refractivity contribution >= 4 is 40.3 Å². The van der Waals surface area contributed by atoms with Crippen LogP contribution < -0.4 is 4.74 Å². The van der Waals surface area contributed by atoms with Gasteiger partial charge in [0.2, 0.25) is 0 Å². The van der Waals surface area contributed by atoms with E-state index in [0.29, 0.717) is 15.8 Å². The van der Waals surface area contributed by atoms with Crippen LogP contribution in [-0.2, 0) is 4.79 Å². The maximum atomic E-state index is 12.1. The van der Waals surface area contributed by atoms with E-state index >= 15 is 0 Å². The van der Waals surface area contributed by atoms with Gasteiger partial charge in [-0.25, -0.2) is 0 Å². The third kappa shape index (κ3) is 2.82. The minimum absolute atomic E-state index is 0.0166. The number of hydrogen-bond acceptors (Lipinski definition) is 4. The molecule has 0 bridgehead atoms.